The Balaban J connectivity index is 1.40. The molecule has 0 radical (unpaired) electrons. The van der Waals surface area contributed by atoms with Crippen LogP contribution in [0.15, 0.2) is 48.5 Å². The summed E-state index contributed by atoms with van der Waals surface area (Å²) in [6.45, 7) is 4.10. The number of carbonyl (C=O) groups is 3. The topological polar surface area (TPSA) is 105 Å². The number of hydrogen-bond acceptors (Lipinski definition) is 4. The molecule has 1 fully saturated rings. The van der Waals surface area contributed by atoms with Gasteiger partial charge in [-0.05, 0) is 47.4 Å². The molecule has 0 bridgehead atoms. The van der Waals surface area contributed by atoms with E-state index in [0.29, 0.717) is 19.3 Å². The Hall–Kier alpha value is -3.35. The molecule has 2 aromatic carbocycles. The molecule has 0 heterocycles. The van der Waals surface area contributed by atoms with Gasteiger partial charge in [0, 0.05) is 12.0 Å². The van der Waals surface area contributed by atoms with E-state index in [4.69, 9.17) is 4.74 Å². The molecule has 0 saturated heterocycles. The van der Waals surface area contributed by atoms with Crippen LogP contribution in [0.3, 0.4) is 0 Å². The number of hydrogen-bond donors (Lipinski definition) is 3. The highest BCUT2D eigenvalue weighted by Crippen LogP contribution is 2.44. The number of aliphatic carboxylic acids is 1. The van der Waals surface area contributed by atoms with Gasteiger partial charge in [0.05, 0.1) is 5.92 Å². The van der Waals surface area contributed by atoms with E-state index < -0.39 is 30.1 Å². The van der Waals surface area contributed by atoms with Gasteiger partial charge in [-0.25, -0.2) is 4.79 Å². The van der Waals surface area contributed by atoms with Gasteiger partial charge in [0.15, 0.2) is 0 Å². The first-order valence-electron chi connectivity index (χ1n) is 12.0. The van der Waals surface area contributed by atoms with Crippen LogP contribution in [-0.2, 0) is 14.3 Å². The van der Waals surface area contributed by atoms with E-state index >= 15 is 0 Å². The summed E-state index contributed by atoms with van der Waals surface area (Å²) in [6.07, 6.45) is 1.72. The van der Waals surface area contributed by atoms with Crippen molar-refractivity contribution >= 4 is 18.0 Å². The van der Waals surface area contributed by atoms with Crippen molar-refractivity contribution in [3.05, 3.63) is 59.7 Å². The SMILES string of the molecule is CC(C)CC(NC(=O)OCC1c2ccccc2-c2ccccc21)C(=O)N[C@@H]1CCC[C@@H]1C(=O)O. The van der Waals surface area contributed by atoms with Crippen LogP contribution in [0, 0.1) is 11.8 Å². The third kappa shape index (κ3) is 5.08. The second-order valence-electron chi connectivity index (χ2n) is 9.64. The minimum Gasteiger partial charge on any atom is -0.481 e. The maximum Gasteiger partial charge on any atom is 0.407 e. The quantitative estimate of drug-likeness (QED) is 0.540. The highest BCUT2D eigenvalue weighted by atomic mass is 16.5. The molecule has 34 heavy (non-hydrogen) atoms. The number of ether oxygens (including phenoxy) is 1. The molecule has 3 atom stereocenters. The zero-order valence-electron chi connectivity index (χ0n) is 19.6. The highest BCUT2D eigenvalue weighted by Gasteiger charge is 2.36. The van der Waals surface area contributed by atoms with Gasteiger partial charge in [-0.2, -0.15) is 0 Å². The molecule has 0 spiro atoms. The van der Waals surface area contributed by atoms with Crippen LogP contribution >= 0.6 is 0 Å². The molecule has 0 aliphatic heterocycles. The number of amides is 2. The number of carboxylic acid groups (broad SMARTS) is 1. The van der Waals surface area contributed by atoms with Gasteiger partial charge in [-0.3, -0.25) is 9.59 Å². The Bertz CT molecular complexity index is 1020. The summed E-state index contributed by atoms with van der Waals surface area (Å²) in [5.41, 5.74) is 4.53. The summed E-state index contributed by atoms with van der Waals surface area (Å²) in [7, 11) is 0. The van der Waals surface area contributed by atoms with Crippen molar-refractivity contribution in [1.29, 1.82) is 0 Å². The lowest BCUT2D eigenvalue weighted by molar-refractivity contribution is -0.142. The summed E-state index contributed by atoms with van der Waals surface area (Å²) in [6, 6.07) is 15.0. The molecule has 7 nitrogen and oxygen atoms in total. The fourth-order valence-corrected chi connectivity index (χ4v) is 5.20. The number of carbonyl (C=O) groups excluding carboxylic acids is 2. The summed E-state index contributed by atoms with van der Waals surface area (Å²) in [4.78, 5) is 37.1. The van der Waals surface area contributed by atoms with Gasteiger partial charge in [0.25, 0.3) is 0 Å². The second kappa shape index (κ2) is 10.3. The van der Waals surface area contributed by atoms with Crippen LogP contribution in [-0.4, -0.2) is 41.8 Å². The van der Waals surface area contributed by atoms with Crippen molar-refractivity contribution < 1.29 is 24.2 Å². The average molecular weight is 465 g/mol. The van der Waals surface area contributed by atoms with Crippen molar-refractivity contribution in [3.8, 4) is 11.1 Å². The fraction of sp³-hybridized carbons (Fsp3) is 0.444. The maximum atomic E-state index is 13.0. The Morgan fingerprint density at radius 1 is 1.00 bits per heavy atom. The number of alkyl carbamates (subject to hydrolysis) is 1. The molecular formula is C27H32N2O5. The molecule has 2 aliphatic rings. The van der Waals surface area contributed by atoms with E-state index in [9.17, 15) is 19.5 Å². The van der Waals surface area contributed by atoms with Crippen LogP contribution in [0.2, 0.25) is 0 Å². The van der Waals surface area contributed by atoms with E-state index in [1.807, 2.05) is 38.1 Å². The first-order valence-corrected chi connectivity index (χ1v) is 12.0. The summed E-state index contributed by atoms with van der Waals surface area (Å²) in [5.74, 6) is -1.75. The number of carboxylic acids is 1. The van der Waals surface area contributed by atoms with Gasteiger partial charge < -0.3 is 20.5 Å². The summed E-state index contributed by atoms with van der Waals surface area (Å²) >= 11 is 0. The molecule has 2 aromatic rings. The van der Waals surface area contributed by atoms with Gasteiger partial charge in [-0.1, -0.05) is 68.8 Å². The number of nitrogens with one attached hydrogen (secondary N) is 2. The third-order valence-electron chi connectivity index (χ3n) is 6.82. The Morgan fingerprint density at radius 2 is 1.62 bits per heavy atom. The van der Waals surface area contributed by atoms with Gasteiger partial charge in [0.1, 0.15) is 12.6 Å². The first-order chi connectivity index (χ1) is 16.3. The van der Waals surface area contributed by atoms with E-state index in [1.54, 1.807) is 0 Å². The van der Waals surface area contributed by atoms with Gasteiger partial charge >= 0.3 is 12.1 Å². The second-order valence-corrected chi connectivity index (χ2v) is 9.64. The monoisotopic (exact) mass is 464 g/mol. The normalized spacial score (nSPS) is 19.9. The Morgan fingerprint density at radius 3 is 2.21 bits per heavy atom. The van der Waals surface area contributed by atoms with Crippen molar-refractivity contribution in [2.45, 2.75) is 57.5 Å². The van der Waals surface area contributed by atoms with E-state index in [-0.39, 0.29) is 24.3 Å². The van der Waals surface area contributed by atoms with Gasteiger partial charge in [0.2, 0.25) is 5.91 Å². The number of benzene rings is 2. The fourth-order valence-electron chi connectivity index (χ4n) is 5.20. The standard InChI is InChI=1S/C27H32N2O5/c1-16(2)14-24(25(30)28-23-13-7-12-21(23)26(31)32)29-27(33)34-15-22-19-10-5-3-8-17(19)18-9-4-6-11-20(18)22/h3-6,8-11,16,21-24H,7,12-15H2,1-2H3,(H,28,30)(H,29,33)(H,31,32)/t21-,23+,24?/m0/s1. The zero-order valence-corrected chi connectivity index (χ0v) is 19.6. The third-order valence-corrected chi connectivity index (χ3v) is 6.82. The highest BCUT2D eigenvalue weighted by molar-refractivity contribution is 5.86. The van der Waals surface area contributed by atoms with E-state index in [0.717, 1.165) is 28.7 Å². The maximum absolute atomic E-state index is 13.0. The van der Waals surface area contributed by atoms with Crippen molar-refractivity contribution in [2.24, 2.45) is 11.8 Å². The lowest BCUT2D eigenvalue weighted by Crippen LogP contribution is -2.51. The summed E-state index contributed by atoms with van der Waals surface area (Å²) < 4.78 is 5.61. The largest absolute Gasteiger partial charge is 0.481 e. The molecule has 7 heteroatoms. The number of fused-ring (bicyclic) bond motifs is 3. The molecule has 180 valence electrons. The molecule has 1 unspecified atom stereocenters. The average Bonchev–Trinajstić information content (AvgIpc) is 3.39. The molecule has 1 saturated carbocycles. The molecule has 2 amide bonds. The minimum absolute atomic E-state index is 0.0645. The van der Waals surface area contributed by atoms with Crippen molar-refractivity contribution in [1.82, 2.24) is 10.6 Å². The van der Waals surface area contributed by atoms with Gasteiger partial charge in [-0.15, -0.1) is 0 Å². The molecule has 2 aliphatic carbocycles. The lowest BCUT2D eigenvalue weighted by atomic mass is 9.98. The van der Waals surface area contributed by atoms with E-state index in [1.165, 1.54) is 0 Å². The molecule has 0 aromatic heterocycles. The molecule has 4 rings (SSSR count). The van der Waals surface area contributed by atoms with Crippen LogP contribution < -0.4 is 10.6 Å². The smallest absolute Gasteiger partial charge is 0.407 e. The van der Waals surface area contributed by atoms with Crippen LogP contribution in [0.25, 0.3) is 11.1 Å². The van der Waals surface area contributed by atoms with Crippen LogP contribution in [0.4, 0.5) is 4.79 Å². The first kappa shape index (κ1) is 23.8. The van der Waals surface area contributed by atoms with E-state index in [2.05, 4.69) is 34.9 Å². The Labute approximate surface area is 199 Å². The van der Waals surface area contributed by atoms with Crippen molar-refractivity contribution in [3.63, 3.8) is 0 Å². The molecule has 3 N–H and O–H groups in total. The van der Waals surface area contributed by atoms with Crippen molar-refractivity contribution in [2.75, 3.05) is 6.61 Å². The summed E-state index contributed by atoms with van der Waals surface area (Å²) in [5, 5.41) is 15.0. The Kier molecular flexibility index (Phi) is 7.20. The van der Waals surface area contributed by atoms with Crippen LogP contribution in [0.5, 0.6) is 0 Å². The predicted molar refractivity (Wildman–Crippen MR) is 128 cm³/mol. The lowest BCUT2D eigenvalue weighted by Gasteiger charge is -2.24. The number of rotatable bonds is 8. The predicted octanol–water partition coefficient (Wildman–Crippen LogP) is 4.31. The molecular weight excluding hydrogens is 432 g/mol. The van der Waals surface area contributed by atoms with Crippen LogP contribution in [0.1, 0.15) is 56.6 Å². The minimum atomic E-state index is -0.896. The zero-order chi connectivity index (χ0) is 24.2.